The lowest BCUT2D eigenvalue weighted by atomic mass is 10.1. The van der Waals surface area contributed by atoms with Crippen LogP contribution < -0.4 is 0 Å². The number of hydrogen-bond donors (Lipinski definition) is 1. The molecule has 0 aliphatic carbocycles. The summed E-state index contributed by atoms with van der Waals surface area (Å²) in [5, 5.41) is 22.4. The molecule has 0 bridgehead atoms. The molecule has 5 heteroatoms. The van der Waals surface area contributed by atoms with Crippen LogP contribution in [0.2, 0.25) is 0 Å². The Morgan fingerprint density at radius 3 is 2.74 bits per heavy atom. The molecule has 0 aromatic carbocycles. The maximum absolute atomic E-state index is 9.42. The van der Waals surface area contributed by atoms with E-state index in [1.165, 1.54) is 6.21 Å². The number of hydrogen-bond acceptors (Lipinski definition) is 4. The van der Waals surface area contributed by atoms with E-state index in [0.29, 0.717) is 12.1 Å². The Bertz CT molecular complexity index is 573. The molecule has 1 N–H and O–H groups in total. The number of aryl methyl sites for hydroxylation is 1. The summed E-state index contributed by atoms with van der Waals surface area (Å²) in [6, 6.07) is 1.84. The normalized spacial score (nSPS) is 12.4. The van der Waals surface area contributed by atoms with Crippen molar-refractivity contribution < 1.29 is 5.11 Å². The Morgan fingerprint density at radius 1 is 1.58 bits per heavy atom. The van der Waals surface area contributed by atoms with Crippen molar-refractivity contribution in [2.75, 3.05) is 0 Å². The molecule has 1 atom stereocenters. The van der Waals surface area contributed by atoms with Crippen molar-refractivity contribution in [3.8, 4) is 6.07 Å². The first kappa shape index (κ1) is 14.9. The molecule has 5 nitrogen and oxygen atoms in total. The molecule has 0 amide bonds. The molecule has 0 unspecified atom stereocenters. The number of nitrogens with zero attached hydrogens (tertiary/aromatic N) is 4. The summed E-state index contributed by atoms with van der Waals surface area (Å²) in [6.45, 7) is 13.3. The summed E-state index contributed by atoms with van der Waals surface area (Å²) < 4.78 is 1.74. The predicted molar refractivity (Wildman–Crippen MR) is 75.7 cm³/mol. The van der Waals surface area contributed by atoms with Gasteiger partial charge in [0.15, 0.2) is 0 Å². The van der Waals surface area contributed by atoms with E-state index in [9.17, 15) is 5.11 Å². The third kappa shape index (κ3) is 3.63. The fourth-order valence-corrected chi connectivity index (χ4v) is 1.84. The van der Waals surface area contributed by atoms with Gasteiger partial charge in [-0.05, 0) is 26.3 Å². The molecule has 100 valence electrons. The second-order valence-corrected chi connectivity index (χ2v) is 4.42. The van der Waals surface area contributed by atoms with Crippen LogP contribution in [0.4, 0.5) is 0 Å². The molecule has 0 saturated carbocycles. The Hall–Kier alpha value is -2.19. The Labute approximate surface area is 113 Å². The molecule has 0 saturated heterocycles. The lowest BCUT2D eigenvalue weighted by Gasteiger charge is -2.07. The fraction of sp³-hybridized carbons (Fsp3) is 0.357. The zero-order valence-corrected chi connectivity index (χ0v) is 11.5. The molecule has 1 aromatic rings. The lowest BCUT2D eigenvalue weighted by molar-refractivity contribution is 0.167. The molecule has 1 rings (SSSR count). The largest absolute Gasteiger partial charge is 0.391 e. The fourth-order valence-electron chi connectivity index (χ4n) is 1.84. The first-order valence-electron chi connectivity index (χ1n) is 5.91. The standard InChI is InChI=1S/C14H18N4O/c1-9(7-16-10(2)6-15)14-12(4)17-18(13(14)5)8-11(3)19/h7,11,19H,1-2,8H2,3-5H3/t11-/m1/s1. The van der Waals surface area contributed by atoms with Crippen molar-refractivity contribution in [1.82, 2.24) is 9.78 Å². The number of rotatable bonds is 5. The van der Waals surface area contributed by atoms with Crippen molar-refractivity contribution >= 4 is 11.8 Å². The van der Waals surface area contributed by atoms with Gasteiger partial charge >= 0.3 is 0 Å². The summed E-state index contributed by atoms with van der Waals surface area (Å²) in [5.74, 6) is 0. The van der Waals surface area contributed by atoms with Gasteiger partial charge in [-0.1, -0.05) is 13.2 Å². The minimum atomic E-state index is -0.467. The molecule has 19 heavy (non-hydrogen) atoms. The first-order valence-corrected chi connectivity index (χ1v) is 5.91. The lowest BCUT2D eigenvalue weighted by Crippen LogP contribution is -2.14. The first-order chi connectivity index (χ1) is 8.86. The Kier molecular flexibility index (Phi) is 4.79. The molecular weight excluding hydrogens is 240 g/mol. The highest BCUT2D eigenvalue weighted by atomic mass is 16.3. The van der Waals surface area contributed by atoms with E-state index < -0.39 is 6.10 Å². The van der Waals surface area contributed by atoms with Crippen molar-refractivity contribution in [3.05, 3.63) is 35.8 Å². The van der Waals surface area contributed by atoms with Gasteiger partial charge in [-0.3, -0.25) is 4.68 Å². The van der Waals surface area contributed by atoms with Gasteiger partial charge in [0.05, 0.1) is 18.3 Å². The van der Waals surface area contributed by atoms with Crippen LogP contribution in [0.3, 0.4) is 0 Å². The van der Waals surface area contributed by atoms with Gasteiger partial charge in [-0.2, -0.15) is 10.4 Å². The van der Waals surface area contributed by atoms with Crippen molar-refractivity contribution in [3.63, 3.8) is 0 Å². The average molecular weight is 258 g/mol. The van der Waals surface area contributed by atoms with Crippen molar-refractivity contribution in [2.45, 2.75) is 33.4 Å². The number of aliphatic hydroxyl groups is 1. The average Bonchev–Trinajstić information content (AvgIpc) is 2.60. The van der Waals surface area contributed by atoms with Crippen LogP contribution in [0.15, 0.2) is 23.8 Å². The van der Waals surface area contributed by atoms with Gasteiger partial charge in [-0.25, -0.2) is 4.99 Å². The van der Waals surface area contributed by atoms with E-state index in [-0.39, 0.29) is 5.70 Å². The molecule has 0 radical (unpaired) electrons. The smallest absolute Gasteiger partial charge is 0.133 e. The van der Waals surface area contributed by atoms with Crippen LogP contribution in [0, 0.1) is 25.2 Å². The van der Waals surface area contributed by atoms with E-state index in [2.05, 4.69) is 23.2 Å². The topological polar surface area (TPSA) is 74.2 Å². The summed E-state index contributed by atoms with van der Waals surface area (Å²) >= 11 is 0. The van der Waals surface area contributed by atoms with Crippen molar-refractivity contribution in [2.24, 2.45) is 4.99 Å². The molecule has 1 heterocycles. The minimum absolute atomic E-state index is 0.132. The van der Waals surface area contributed by atoms with Gasteiger partial charge in [0.2, 0.25) is 0 Å². The molecule has 1 aromatic heterocycles. The highest BCUT2D eigenvalue weighted by Crippen LogP contribution is 2.20. The monoisotopic (exact) mass is 258 g/mol. The van der Waals surface area contributed by atoms with E-state index in [1.54, 1.807) is 11.6 Å². The highest BCUT2D eigenvalue weighted by molar-refractivity contribution is 6.10. The van der Waals surface area contributed by atoms with Crippen molar-refractivity contribution in [1.29, 1.82) is 5.26 Å². The predicted octanol–water partition coefficient (Wildman–Crippen LogP) is 2.00. The highest BCUT2D eigenvalue weighted by Gasteiger charge is 2.14. The zero-order chi connectivity index (χ0) is 14.6. The number of allylic oxidation sites excluding steroid dienone is 2. The number of aliphatic imine (C=N–C) groups is 1. The number of aromatic nitrogens is 2. The third-order valence-electron chi connectivity index (χ3n) is 2.65. The van der Waals surface area contributed by atoms with Crippen LogP contribution in [0.5, 0.6) is 0 Å². The van der Waals surface area contributed by atoms with Crippen LogP contribution in [0.1, 0.15) is 23.9 Å². The molecule has 0 aliphatic rings. The maximum atomic E-state index is 9.42. The second-order valence-electron chi connectivity index (χ2n) is 4.42. The van der Waals surface area contributed by atoms with Gasteiger partial charge < -0.3 is 5.11 Å². The van der Waals surface area contributed by atoms with Gasteiger partial charge in [0.1, 0.15) is 11.8 Å². The Morgan fingerprint density at radius 2 is 2.21 bits per heavy atom. The molecule has 0 fully saturated rings. The zero-order valence-electron chi connectivity index (χ0n) is 11.5. The summed E-state index contributed by atoms with van der Waals surface area (Å²) in [7, 11) is 0. The second kappa shape index (κ2) is 6.12. The third-order valence-corrected chi connectivity index (χ3v) is 2.65. The number of aliphatic hydroxyl groups excluding tert-OH is 1. The van der Waals surface area contributed by atoms with Crippen LogP contribution in [0.25, 0.3) is 5.57 Å². The quantitative estimate of drug-likeness (QED) is 0.648. The summed E-state index contributed by atoms with van der Waals surface area (Å²) in [4.78, 5) is 3.90. The molecular formula is C14H18N4O. The minimum Gasteiger partial charge on any atom is -0.391 e. The van der Waals surface area contributed by atoms with Crippen LogP contribution in [-0.2, 0) is 6.54 Å². The van der Waals surface area contributed by atoms with Gasteiger partial charge in [-0.15, -0.1) is 0 Å². The Balaban J connectivity index is 3.05. The van der Waals surface area contributed by atoms with E-state index in [1.807, 2.05) is 19.9 Å². The number of nitriles is 1. The SMILES string of the molecule is C=C(C#N)N=CC(=C)c1c(C)nn(C[C@@H](C)O)c1C. The van der Waals surface area contributed by atoms with E-state index >= 15 is 0 Å². The molecule has 0 aliphatic heterocycles. The van der Waals surface area contributed by atoms with E-state index in [4.69, 9.17) is 5.26 Å². The summed E-state index contributed by atoms with van der Waals surface area (Å²) in [5.41, 5.74) is 3.42. The van der Waals surface area contributed by atoms with Crippen LogP contribution >= 0.6 is 0 Å². The van der Waals surface area contributed by atoms with E-state index in [0.717, 1.165) is 17.0 Å². The summed E-state index contributed by atoms with van der Waals surface area (Å²) in [6.07, 6.45) is 1.04. The van der Waals surface area contributed by atoms with Gasteiger partial charge in [0.25, 0.3) is 0 Å². The molecule has 0 spiro atoms. The maximum Gasteiger partial charge on any atom is 0.133 e. The van der Waals surface area contributed by atoms with Gasteiger partial charge in [0, 0.05) is 17.5 Å². The van der Waals surface area contributed by atoms with Crippen LogP contribution in [-0.4, -0.2) is 27.2 Å².